The first-order valence-electron chi connectivity index (χ1n) is 31.9. The summed E-state index contributed by atoms with van der Waals surface area (Å²) in [5.74, 6) is 6.75. The maximum Gasteiger partial charge on any atom is 0.192 e. The van der Waals surface area contributed by atoms with Crippen molar-refractivity contribution in [1.82, 2.24) is 0 Å². The van der Waals surface area contributed by atoms with Gasteiger partial charge in [0.15, 0.2) is 34.0 Å². The number of aliphatic hydroxyl groups is 1. The lowest BCUT2D eigenvalue weighted by Gasteiger charge is -2.64. The van der Waals surface area contributed by atoms with Crippen molar-refractivity contribution in [3.8, 4) is 0 Å². The summed E-state index contributed by atoms with van der Waals surface area (Å²) in [6, 6.07) is 0. The van der Waals surface area contributed by atoms with E-state index in [1.807, 2.05) is 18.2 Å². The Morgan fingerprint density at radius 2 is 0.962 bits per heavy atom. The summed E-state index contributed by atoms with van der Waals surface area (Å²) < 4.78 is 15.2. The minimum Gasteiger partial charge on any atom is -0.413 e. The Labute approximate surface area is 487 Å². The maximum atomic E-state index is 12.1. The molecule has 10 fully saturated rings. The van der Waals surface area contributed by atoms with Crippen LogP contribution in [0.2, 0.25) is 36.3 Å². The van der Waals surface area contributed by atoms with E-state index in [0.29, 0.717) is 70.0 Å². The standard InChI is InChI=1S/C25H39IO2Si.C25H38O2Si.C19H24O2/c1-23(2,3)29(5,6)28-22-10-9-20-19-8-7-17-15-18(27)11-14-25(17,16-26)21(19)12-13-24(20,22)4;1-23(2,3)28(5,6)27-22-8-7-19-18-13-16-15-25(12-9-17(26)14-21(16)25)20(18)10-11-24(19,22)4;1-18-6-5-15-13(14(18)2-3-17(18)21)8-11-10-19(15)7-4-12(20)9-16(11)19/h12,15,19-20,22H,7-11,13-14,16H2,1-6H3;10,14,16,18-19,22H,7-9,11-13,15H2,1-6H3;5,9,11,13-14,17,21H,2-4,6-8,10H2,1H3/t19?,20?,22-,24-,25+;16-,18?,19?,22-,24-,25-;11-,13?,14?,17-,18-,19-/m000/s1. The number of carbonyl (C=O) groups excluding carboxylic acids is 3. The molecule has 6 unspecified atom stereocenters. The Hall–Kier alpha value is -1.51. The molecule has 1 N–H and O–H groups in total. The van der Waals surface area contributed by atoms with Gasteiger partial charge in [-0.2, -0.15) is 0 Å². The molecule has 0 aromatic heterocycles. The van der Waals surface area contributed by atoms with Crippen LogP contribution in [0.4, 0.5) is 0 Å². The lowest BCUT2D eigenvalue weighted by atomic mass is 9.40. The molecule has 16 aliphatic carbocycles. The molecule has 16 aliphatic rings. The van der Waals surface area contributed by atoms with E-state index in [9.17, 15) is 19.5 Å². The number of ketones is 3. The fourth-order valence-electron chi connectivity index (χ4n) is 20.6. The van der Waals surface area contributed by atoms with Crippen LogP contribution in [0.1, 0.15) is 197 Å². The zero-order valence-corrected chi connectivity index (χ0v) is 54.9. The van der Waals surface area contributed by atoms with Gasteiger partial charge in [-0.15, -0.1) is 0 Å². The van der Waals surface area contributed by atoms with Crippen molar-refractivity contribution in [2.45, 2.75) is 252 Å². The van der Waals surface area contributed by atoms with Crippen LogP contribution in [0.15, 0.2) is 69.9 Å². The molecular formula is C69H101IO6Si2. The number of allylic oxidation sites excluding steroid dienone is 12. The molecule has 428 valence electrons. The zero-order chi connectivity index (χ0) is 55.8. The van der Waals surface area contributed by atoms with E-state index in [1.54, 1.807) is 16.7 Å². The Morgan fingerprint density at radius 3 is 1.45 bits per heavy atom. The lowest BCUT2D eigenvalue weighted by molar-refractivity contribution is -0.117. The van der Waals surface area contributed by atoms with E-state index in [1.165, 1.54) is 87.3 Å². The van der Waals surface area contributed by atoms with Crippen LogP contribution in [0.3, 0.4) is 0 Å². The van der Waals surface area contributed by atoms with E-state index in [4.69, 9.17) is 8.85 Å². The molecular weight excluding hydrogens is 1110 g/mol. The van der Waals surface area contributed by atoms with Crippen molar-refractivity contribution in [1.29, 1.82) is 0 Å². The topological polar surface area (TPSA) is 89.9 Å². The SMILES string of the molecule is CC(C)(C)[Si](C)(C)O[C@H]1CCC2C3CCC4=CC(=O)CC[C@]4(CI)C3=CC[C@@]21C.CC(C)(C)[Si](C)(C)O[C@H]1CCC2C3C[C@H]4C[C@@]5(CCC(=O)C=C45)C3=CC[C@@]21C.C[C@]12CC=C3C(C[C@H]4C[C@@]35CCC(=O)C=C45)C1CC[C@@H]2O. The van der Waals surface area contributed by atoms with Crippen LogP contribution >= 0.6 is 22.6 Å². The molecule has 0 amide bonds. The van der Waals surface area contributed by atoms with Crippen LogP contribution < -0.4 is 0 Å². The van der Waals surface area contributed by atoms with Gasteiger partial charge in [-0.25, -0.2) is 0 Å². The molecule has 0 aromatic rings. The predicted molar refractivity (Wildman–Crippen MR) is 329 cm³/mol. The van der Waals surface area contributed by atoms with Crippen molar-refractivity contribution in [3.05, 3.63) is 69.9 Å². The van der Waals surface area contributed by atoms with E-state index in [0.717, 1.165) is 86.4 Å². The molecule has 4 bridgehead atoms. The number of fused-ring (bicyclic) bond motifs is 7. The highest BCUT2D eigenvalue weighted by molar-refractivity contribution is 14.1. The summed E-state index contributed by atoms with van der Waals surface area (Å²) >= 11 is 2.59. The van der Waals surface area contributed by atoms with Crippen LogP contribution in [-0.4, -0.2) is 61.8 Å². The number of alkyl halides is 1. The third kappa shape index (κ3) is 8.35. The number of hydrogen-bond acceptors (Lipinski definition) is 6. The summed E-state index contributed by atoms with van der Waals surface area (Å²) in [5.41, 5.74) is 11.0. The maximum absolute atomic E-state index is 12.1. The van der Waals surface area contributed by atoms with Gasteiger partial charge in [-0.3, -0.25) is 14.4 Å². The Morgan fingerprint density at radius 1 is 0.538 bits per heavy atom. The van der Waals surface area contributed by atoms with E-state index < -0.39 is 16.6 Å². The minimum absolute atomic E-state index is 0.112. The minimum atomic E-state index is -1.76. The molecule has 0 radical (unpaired) electrons. The fraction of sp³-hybridized carbons (Fsp3) is 0.783. The molecule has 9 heteroatoms. The Bertz CT molecular complexity index is 2730. The number of hydrogen-bond donors (Lipinski definition) is 1. The number of rotatable bonds is 5. The van der Waals surface area contributed by atoms with Gasteiger partial charge in [0.05, 0.1) is 18.3 Å². The largest absolute Gasteiger partial charge is 0.413 e. The monoisotopic (exact) mass is 1210 g/mol. The number of halogens is 1. The van der Waals surface area contributed by atoms with Gasteiger partial charge >= 0.3 is 0 Å². The van der Waals surface area contributed by atoms with Crippen LogP contribution in [-0.2, 0) is 23.2 Å². The molecule has 6 nitrogen and oxygen atoms in total. The highest BCUT2D eigenvalue weighted by Gasteiger charge is 2.66. The van der Waals surface area contributed by atoms with E-state index in [-0.39, 0.29) is 37.8 Å². The van der Waals surface area contributed by atoms with Crippen molar-refractivity contribution in [2.24, 2.45) is 79.8 Å². The second-order valence-corrected chi connectivity index (χ2v) is 43.0. The summed E-state index contributed by atoms with van der Waals surface area (Å²) in [6.45, 7) is 31.2. The molecule has 10 saturated carbocycles. The van der Waals surface area contributed by atoms with Gasteiger partial charge in [-0.1, -0.05) is 137 Å². The lowest BCUT2D eigenvalue weighted by Crippen LogP contribution is -2.56. The molecule has 78 heavy (non-hydrogen) atoms. The fourth-order valence-corrected chi connectivity index (χ4v) is 24.8. The van der Waals surface area contributed by atoms with Gasteiger partial charge in [0.25, 0.3) is 0 Å². The van der Waals surface area contributed by atoms with Crippen molar-refractivity contribution >= 4 is 56.6 Å². The summed E-state index contributed by atoms with van der Waals surface area (Å²) in [4.78, 5) is 35.9. The predicted octanol–water partition coefficient (Wildman–Crippen LogP) is 17.1. The van der Waals surface area contributed by atoms with Gasteiger partial charge in [0, 0.05) is 45.3 Å². The Kier molecular flexibility index (Phi) is 13.9. The second-order valence-electron chi connectivity index (χ2n) is 32.7. The van der Waals surface area contributed by atoms with Gasteiger partial charge in [0.1, 0.15) is 0 Å². The third-order valence-corrected chi connectivity index (χ3v) is 37.5. The Balaban J connectivity index is 0.000000119. The van der Waals surface area contributed by atoms with Crippen molar-refractivity contribution < 1.29 is 28.3 Å². The summed E-state index contributed by atoms with van der Waals surface area (Å²) in [7, 11) is -3.51. The molecule has 0 heterocycles. The highest BCUT2D eigenvalue weighted by atomic mass is 127. The van der Waals surface area contributed by atoms with Crippen LogP contribution in [0, 0.1) is 79.8 Å². The highest BCUT2D eigenvalue weighted by Crippen LogP contribution is 2.74. The normalized spacial score (nSPS) is 45.4. The third-order valence-electron chi connectivity index (χ3n) is 27.3. The first-order valence-corrected chi connectivity index (χ1v) is 39.3. The van der Waals surface area contributed by atoms with Gasteiger partial charge in [-0.05, 0) is 228 Å². The van der Waals surface area contributed by atoms with Crippen molar-refractivity contribution in [3.63, 3.8) is 0 Å². The molecule has 0 aliphatic heterocycles. The molecule has 0 aromatic carbocycles. The molecule has 2 spiro atoms. The van der Waals surface area contributed by atoms with E-state index >= 15 is 0 Å². The molecule has 17 atom stereocenters. The smallest absolute Gasteiger partial charge is 0.192 e. The summed E-state index contributed by atoms with van der Waals surface area (Å²) in [6.07, 6.45) is 38.1. The zero-order valence-electron chi connectivity index (χ0n) is 50.7. The first-order chi connectivity index (χ1) is 36.5. The summed E-state index contributed by atoms with van der Waals surface area (Å²) in [5, 5.41) is 11.0. The van der Waals surface area contributed by atoms with Crippen LogP contribution in [0.25, 0.3) is 0 Å². The average molecular weight is 1210 g/mol. The van der Waals surface area contributed by atoms with Crippen LogP contribution in [0.5, 0.6) is 0 Å². The number of carbonyl (C=O) groups is 3. The first kappa shape index (κ1) is 57.0. The second kappa shape index (κ2) is 19.0. The number of aliphatic hydroxyl groups excluding tert-OH is 1. The van der Waals surface area contributed by atoms with E-state index in [2.05, 4.69) is 129 Å². The average Bonchev–Trinajstić information content (AvgIpc) is 4.09. The van der Waals surface area contributed by atoms with Gasteiger partial charge < -0.3 is 14.0 Å². The quantitative estimate of drug-likeness (QED) is 0.128. The molecule has 16 rings (SSSR count). The molecule has 0 saturated heterocycles. The van der Waals surface area contributed by atoms with Gasteiger partial charge in [0.2, 0.25) is 0 Å². The van der Waals surface area contributed by atoms with Crippen molar-refractivity contribution in [2.75, 3.05) is 4.43 Å².